The van der Waals surface area contributed by atoms with Gasteiger partial charge in [0, 0.05) is 67.7 Å². The highest BCUT2D eigenvalue weighted by Gasteiger charge is 2.25. The van der Waals surface area contributed by atoms with Crippen molar-refractivity contribution in [3.63, 3.8) is 0 Å². The first kappa shape index (κ1) is 35.0. The molecule has 3 N–H and O–H groups in total. The van der Waals surface area contributed by atoms with Crippen LogP contribution in [0, 0.1) is 0 Å². The summed E-state index contributed by atoms with van der Waals surface area (Å²) in [5, 5.41) is 9.44. The van der Waals surface area contributed by atoms with Crippen LogP contribution < -0.4 is 16.0 Å². The van der Waals surface area contributed by atoms with Gasteiger partial charge in [-0.2, -0.15) is 0 Å². The number of carbonyl (C=O) groups is 3. The Labute approximate surface area is 288 Å². The number of amides is 3. The Bertz CT molecular complexity index is 1530. The second-order valence-electron chi connectivity index (χ2n) is 12.4. The highest BCUT2D eigenvalue weighted by Crippen LogP contribution is 2.32. The van der Waals surface area contributed by atoms with Crippen LogP contribution >= 0.6 is 11.6 Å². The number of unbranched alkanes of at least 4 members (excludes halogenated alkanes) is 2. The maximum absolute atomic E-state index is 13.2. The average molecular weight is 672 g/mol. The van der Waals surface area contributed by atoms with E-state index in [0.717, 1.165) is 75.8 Å². The van der Waals surface area contributed by atoms with E-state index in [1.807, 2.05) is 48.8 Å². The van der Waals surface area contributed by atoms with Gasteiger partial charge < -0.3 is 30.5 Å². The molecule has 0 atom stereocenters. The Morgan fingerprint density at radius 2 is 1.69 bits per heavy atom. The summed E-state index contributed by atoms with van der Waals surface area (Å²) < 4.78 is 5.68. The van der Waals surface area contributed by atoms with Gasteiger partial charge in [0.25, 0.3) is 5.91 Å². The van der Waals surface area contributed by atoms with Crippen molar-refractivity contribution in [2.24, 2.45) is 0 Å². The Morgan fingerprint density at radius 1 is 0.917 bits per heavy atom. The number of likely N-dealkylation sites (tertiary alicyclic amines) is 1. The molecule has 1 saturated heterocycles. The second-order valence-corrected chi connectivity index (χ2v) is 12.8. The molecule has 2 heterocycles. The van der Waals surface area contributed by atoms with Crippen LogP contribution in [-0.4, -0.2) is 73.3 Å². The van der Waals surface area contributed by atoms with Gasteiger partial charge in [0.15, 0.2) is 5.78 Å². The summed E-state index contributed by atoms with van der Waals surface area (Å²) in [6, 6.07) is 15.6. The highest BCUT2D eigenvalue weighted by atomic mass is 35.5. The number of ether oxygens (including phenoxy) is 1. The molecular weight excluding hydrogens is 626 g/mol. The third-order valence-corrected chi connectivity index (χ3v) is 9.15. The van der Waals surface area contributed by atoms with E-state index < -0.39 is 0 Å². The summed E-state index contributed by atoms with van der Waals surface area (Å²) in [6.45, 7) is 5.38. The molecule has 5 rings (SSSR count). The number of halogens is 1. The van der Waals surface area contributed by atoms with E-state index in [2.05, 4.69) is 37.9 Å². The lowest BCUT2D eigenvalue weighted by Gasteiger charge is -2.34. The number of urea groups is 1. The van der Waals surface area contributed by atoms with Crippen molar-refractivity contribution >= 4 is 29.3 Å². The lowest BCUT2D eigenvalue weighted by Crippen LogP contribution is -2.38. The largest absolute Gasteiger partial charge is 0.462 e. The highest BCUT2D eigenvalue weighted by molar-refractivity contribution is 6.31. The molecule has 3 amide bonds. The van der Waals surface area contributed by atoms with Gasteiger partial charge in [0.2, 0.25) is 0 Å². The summed E-state index contributed by atoms with van der Waals surface area (Å²) in [6.07, 6.45) is 16.5. The van der Waals surface area contributed by atoms with Crippen LogP contribution in [0.3, 0.4) is 0 Å². The average Bonchev–Trinajstić information content (AvgIpc) is 3.11. The lowest BCUT2D eigenvalue weighted by atomic mass is 9.86. The van der Waals surface area contributed by atoms with Crippen LogP contribution in [0.1, 0.15) is 65.9 Å². The van der Waals surface area contributed by atoms with E-state index in [1.165, 1.54) is 5.56 Å². The molecular formula is C38H46ClN5O4. The molecule has 0 bridgehead atoms. The van der Waals surface area contributed by atoms with Crippen molar-refractivity contribution in [2.75, 3.05) is 45.8 Å². The maximum atomic E-state index is 13.2. The SMILES string of the molecule is O=C1C=CC=C(C2=CN(CCN3CCC(c4ccc(Cl)cc4C(=O)NCCCCCNC(=O)NCCc4ccccc4)CC3)C=CO2)C1. The fraction of sp³-hybridized carbons (Fsp3) is 0.395. The van der Waals surface area contributed by atoms with E-state index in [4.69, 9.17) is 16.3 Å². The maximum Gasteiger partial charge on any atom is 0.314 e. The molecule has 0 saturated carbocycles. The van der Waals surface area contributed by atoms with Crippen LogP contribution in [-0.2, 0) is 16.0 Å². The first-order chi connectivity index (χ1) is 23.4. The van der Waals surface area contributed by atoms with E-state index in [-0.39, 0.29) is 17.7 Å². The van der Waals surface area contributed by atoms with Crippen LogP contribution in [0.15, 0.2) is 96.8 Å². The van der Waals surface area contributed by atoms with Gasteiger partial charge in [-0.15, -0.1) is 0 Å². The van der Waals surface area contributed by atoms with Gasteiger partial charge in [-0.05, 0) is 86.9 Å². The number of carbonyl (C=O) groups excluding carboxylic acids is 3. The second kappa shape index (κ2) is 18.3. The molecule has 48 heavy (non-hydrogen) atoms. The molecule has 1 fully saturated rings. The molecule has 10 heteroatoms. The molecule has 254 valence electrons. The molecule has 2 aromatic rings. The number of hydrogen-bond donors (Lipinski definition) is 3. The van der Waals surface area contributed by atoms with Crippen molar-refractivity contribution < 1.29 is 19.1 Å². The molecule has 2 aromatic carbocycles. The number of piperidine rings is 1. The number of nitrogens with zero attached hydrogens (tertiary/aromatic N) is 2. The number of benzene rings is 2. The number of ketones is 1. The van der Waals surface area contributed by atoms with Crippen LogP contribution in [0.4, 0.5) is 4.79 Å². The van der Waals surface area contributed by atoms with Gasteiger partial charge in [0.1, 0.15) is 12.0 Å². The van der Waals surface area contributed by atoms with Crippen LogP contribution in [0.2, 0.25) is 5.02 Å². The number of allylic oxidation sites excluding steroid dienone is 4. The minimum Gasteiger partial charge on any atom is -0.462 e. The Kier molecular flexibility index (Phi) is 13.3. The molecule has 3 aliphatic rings. The quantitative estimate of drug-likeness (QED) is 0.199. The summed E-state index contributed by atoms with van der Waals surface area (Å²) in [5.74, 6) is 1.01. The zero-order valence-electron chi connectivity index (χ0n) is 27.5. The first-order valence-electron chi connectivity index (χ1n) is 17.0. The predicted molar refractivity (Wildman–Crippen MR) is 189 cm³/mol. The Balaban J connectivity index is 0.985. The van der Waals surface area contributed by atoms with Gasteiger partial charge >= 0.3 is 6.03 Å². The molecule has 9 nitrogen and oxygen atoms in total. The van der Waals surface area contributed by atoms with Crippen LogP contribution in [0.25, 0.3) is 0 Å². The van der Waals surface area contributed by atoms with E-state index in [9.17, 15) is 14.4 Å². The number of rotatable bonds is 15. The third-order valence-electron chi connectivity index (χ3n) is 8.92. The van der Waals surface area contributed by atoms with Crippen molar-refractivity contribution in [1.29, 1.82) is 0 Å². The topological polar surface area (TPSA) is 103 Å². The smallest absolute Gasteiger partial charge is 0.314 e. The van der Waals surface area contributed by atoms with E-state index >= 15 is 0 Å². The lowest BCUT2D eigenvalue weighted by molar-refractivity contribution is -0.114. The number of nitrogens with one attached hydrogen (secondary N) is 3. The monoisotopic (exact) mass is 671 g/mol. The van der Waals surface area contributed by atoms with E-state index in [1.54, 1.807) is 24.5 Å². The van der Waals surface area contributed by atoms with Gasteiger partial charge in [-0.1, -0.05) is 60.2 Å². The molecule has 0 radical (unpaired) electrons. The fourth-order valence-corrected chi connectivity index (χ4v) is 6.38. The molecule has 2 aliphatic heterocycles. The van der Waals surface area contributed by atoms with Crippen molar-refractivity contribution in [1.82, 2.24) is 25.8 Å². The van der Waals surface area contributed by atoms with Crippen molar-refractivity contribution in [3.8, 4) is 0 Å². The fourth-order valence-electron chi connectivity index (χ4n) is 6.21. The molecule has 1 aliphatic carbocycles. The summed E-state index contributed by atoms with van der Waals surface area (Å²) in [4.78, 5) is 41.6. The van der Waals surface area contributed by atoms with Crippen LogP contribution in [0.5, 0.6) is 0 Å². The predicted octanol–water partition coefficient (Wildman–Crippen LogP) is 6.06. The normalized spacial score (nSPS) is 16.6. The van der Waals surface area contributed by atoms with Gasteiger partial charge in [0.05, 0.1) is 0 Å². The zero-order valence-corrected chi connectivity index (χ0v) is 28.2. The standard InChI is InChI=1S/C38H46ClN5O4/c39-32-12-13-34(30-15-20-43(21-16-30)22-23-44-24-25-48-36(28-44)31-10-7-11-33(45)26-31)35(27-32)37(46)40-17-5-2-6-18-41-38(47)42-19-14-29-8-3-1-4-9-29/h1,3-4,7-13,24-25,27-28,30H,2,5-6,14-23,26H2,(H,40,46)(H2,41,42,47). The van der Waals surface area contributed by atoms with Crippen molar-refractivity contribution in [3.05, 3.63) is 118 Å². The van der Waals surface area contributed by atoms with Gasteiger partial charge in [-0.25, -0.2) is 4.79 Å². The first-order valence-corrected chi connectivity index (χ1v) is 17.4. The summed E-state index contributed by atoms with van der Waals surface area (Å²) >= 11 is 6.34. The Morgan fingerprint density at radius 3 is 2.48 bits per heavy atom. The number of hydrogen-bond acceptors (Lipinski definition) is 6. The minimum atomic E-state index is -0.149. The molecule has 0 unspecified atom stereocenters. The summed E-state index contributed by atoms with van der Waals surface area (Å²) in [7, 11) is 0. The minimum absolute atomic E-state index is 0.0833. The summed E-state index contributed by atoms with van der Waals surface area (Å²) in [5.41, 5.74) is 3.82. The van der Waals surface area contributed by atoms with Gasteiger partial charge in [-0.3, -0.25) is 9.59 Å². The Hall–Kier alpha value is -4.34. The zero-order chi connectivity index (χ0) is 33.6. The van der Waals surface area contributed by atoms with E-state index in [0.29, 0.717) is 48.3 Å². The third kappa shape index (κ3) is 10.9. The molecule has 0 spiro atoms. The van der Waals surface area contributed by atoms with Crippen molar-refractivity contribution in [2.45, 2.75) is 50.9 Å². The molecule has 0 aromatic heterocycles.